The van der Waals surface area contributed by atoms with E-state index >= 15 is 0 Å². The number of likely N-dealkylation sites (tertiary alicyclic amines) is 1. The maximum atomic E-state index is 12.7. The van der Waals surface area contributed by atoms with Crippen LogP contribution in [0.5, 0.6) is 0 Å². The van der Waals surface area contributed by atoms with Gasteiger partial charge in [-0.3, -0.25) is 14.5 Å². The van der Waals surface area contributed by atoms with E-state index in [0.717, 1.165) is 18.0 Å². The molecule has 6 heteroatoms. The van der Waals surface area contributed by atoms with Crippen molar-refractivity contribution >= 4 is 23.6 Å². The highest BCUT2D eigenvalue weighted by atomic mass is 32.2. The van der Waals surface area contributed by atoms with Gasteiger partial charge in [-0.25, -0.2) is 0 Å². The molecule has 0 bridgehead atoms. The van der Waals surface area contributed by atoms with Gasteiger partial charge >= 0.3 is 0 Å². The van der Waals surface area contributed by atoms with Gasteiger partial charge in [0.25, 0.3) is 0 Å². The standard InChI is InChI=1S/C23H35N3O2S/c1-17-6-5-11-25(13-17)14-19-9-7-18(8-10-19)12-24-21(27)20-15-29-16-26(20)22(28)23(2,3)4/h7-10,17,20H,5-6,11-16H2,1-4H3,(H,24,27). The lowest BCUT2D eigenvalue weighted by Gasteiger charge is -2.30. The lowest BCUT2D eigenvalue weighted by Crippen LogP contribution is -2.50. The van der Waals surface area contributed by atoms with Gasteiger partial charge in [0.15, 0.2) is 0 Å². The molecule has 3 rings (SSSR count). The zero-order valence-electron chi connectivity index (χ0n) is 18.2. The fourth-order valence-electron chi connectivity index (χ4n) is 4.05. The number of hydrogen-bond acceptors (Lipinski definition) is 4. The Hall–Kier alpha value is -1.53. The summed E-state index contributed by atoms with van der Waals surface area (Å²) in [6, 6.07) is 8.17. The molecular weight excluding hydrogens is 382 g/mol. The van der Waals surface area contributed by atoms with E-state index in [9.17, 15) is 9.59 Å². The second-order valence-electron chi connectivity index (χ2n) is 9.56. The van der Waals surface area contributed by atoms with Crippen LogP contribution in [0.2, 0.25) is 0 Å². The third kappa shape index (κ3) is 5.98. The molecule has 0 saturated carbocycles. The molecule has 1 aromatic carbocycles. The van der Waals surface area contributed by atoms with Crippen LogP contribution in [0.3, 0.4) is 0 Å². The number of amides is 2. The number of piperidine rings is 1. The van der Waals surface area contributed by atoms with Crippen LogP contribution in [-0.2, 0) is 22.7 Å². The number of rotatable bonds is 5. The van der Waals surface area contributed by atoms with Crippen molar-refractivity contribution < 1.29 is 9.59 Å². The lowest BCUT2D eigenvalue weighted by atomic mass is 9.94. The van der Waals surface area contributed by atoms with Crippen molar-refractivity contribution in [1.29, 1.82) is 0 Å². The van der Waals surface area contributed by atoms with Crippen molar-refractivity contribution in [1.82, 2.24) is 15.1 Å². The Balaban J connectivity index is 1.50. The van der Waals surface area contributed by atoms with Crippen LogP contribution in [0.25, 0.3) is 0 Å². The number of carbonyl (C=O) groups excluding carboxylic acids is 2. The third-order valence-corrected chi connectivity index (χ3v) is 6.74. The first kappa shape index (κ1) is 22.2. The quantitative estimate of drug-likeness (QED) is 0.797. The average molecular weight is 418 g/mol. The van der Waals surface area contributed by atoms with Crippen molar-refractivity contribution in [2.24, 2.45) is 11.3 Å². The van der Waals surface area contributed by atoms with E-state index < -0.39 is 5.41 Å². The molecule has 2 amide bonds. The second-order valence-corrected chi connectivity index (χ2v) is 10.6. The van der Waals surface area contributed by atoms with Crippen molar-refractivity contribution in [2.45, 2.75) is 59.7 Å². The number of benzene rings is 1. The molecule has 1 N–H and O–H groups in total. The first-order valence-corrected chi connectivity index (χ1v) is 11.9. The van der Waals surface area contributed by atoms with Gasteiger partial charge in [0.05, 0.1) is 5.88 Å². The topological polar surface area (TPSA) is 52.7 Å². The Kier molecular flexibility index (Phi) is 7.28. The average Bonchev–Trinajstić information content (AvgIpc) is 3.15. The summed E-state index contributed by atoms with van der Waals surface area (Å²) in [4.78, 5) is 29.6. The molecule has 1 aromatic rings. The summed E-state index contributed by atoms with van der Waals surface area (Å²) in [5.41, 5.74) is 1.95. The van der Waals surface area contributed by atoms with E-state index in [1.807, 2.05) is 20.8 Å². The Bertz CT molecular complexity index is 714. The van der Waals surface area contributed by atoms with Crippen molar-refractivity contribution in [3.8, 4) is 0 Å². The minimum atomic E-state index is -0.467. The predicted molar refractivity (Wildman–Crippen MR) is 119 cm³/mol. The van der Waals surface area contributed by atoms with Crippen LogP contribution in [0.1, 0.15) is 51.7 Å². The van der Waals surface area contributed by atoms with E-state index in [2.05, 4.69) is 41.4 Å². The highest BCUT2D eigenvalue weighted by molar-refractivity contribution is 7.99. The molecule has 2 atom stereocenters. The number of thioether (sulfide) groups is 1. The zero-order chi connectivity index (χ0) is 21.0. The van der Waals surface area contributed by atoms with Gasteiger partial charge < -0.3 is 10.2 Å². The van der Waals surface area contributed by atoms with Gasteiger partial charge in [-0.15, -0.1) is 11.8 Å². The van der Waals surface area contributed by atoms with E-state index in [1.54, 1.807) is 16.7 Å². The fraction of sp³-hybridized carbons (Fsp3) is 0.652. The summed E-state index contributed by atoms with van der Waals surface area (Å²) in [5, 5.41) is 3.03. The summed E-state index contributed by atoms with van der Waals surface area (Å²) in [7, 11) is 0. The number of carbonyl (C=O) groups is 2. The van der Waals surface area contributed by atoms with E-state index in [0.29, 0.717) is 18.2 Å². The van der Waals surface area contributed by atoms with Crippen LogP contribution in [0.4, 0.5) is 0 Å². The zero-order valence-corrected chi connectivity index (χ0v) is 19.1. The van der Waals surface area contributed by atoms with Crippen molar-refractivity contribution in [3.63, 3.8) is 0 Å². The van der Waals surface area contributed by atoms with Gasteiger partial charge in [0.1, 0.15) is 6.04 Å². The number of nitrogens with one attached hydrogen (secondary N) is 1. The lowest BCUT2D eigenvalue weighted by molar-refractivity contribution is -0.144. The molecule has 160 valence electrons. The molecule has 2 heterocycles. The van der Waals surface area contributed by atoms with Crippen LogP contribution >= 0.6 is 11.8 Å². The molecule has 0 aliphatic carbocycles. The largest absolute Gasteiger partial charge is 0.350 e. The van der Waals surface area contributed by atoms with Crippen molar-refractivity contribution in [2.75, 3.05) is 24.7 Å². The molecule has 2 aliphatic rings. The maximum Gasteiger partial charge on any atom is 0.243 e. The van der Waals surface area contributed by atoms with E-state index in [-0.39, 0.29) is 17.9 Å². The monoisotopic (exact) mass is 417 g/mol. The first-order chi connectivity index (χ1) is 13.7. The molecular formula is C23H35N3O2S. The first-order valence-electron chi connectivity index (χ1n) is 10.7. The van der Waals surface area contributed by atoms with Crippen LogP contribution in [0.15, 0.2) is 24.3 Å². The maximum absolute atomic E-state index is 12.7. The molecule has 29 heavy (non-hydrogen) atoms. The smallest absolute Gasteiger partial charge is 0.243 e. The van der Waals surface area contributed by atoms with Gasteiger partial charge in [-0.05, 0) is 36.4 Å². The van der Waals surface area contributed by atoms with E-state index in [1.165, 1.54) is 31.5 Å². The highest BCUT2D eigenvalue weighted by Gasteiger charge is 2.38. The van der Waals surface area contributed by atoms with Crippen molar-refractivity contribution in [3.05, 3.63) is 35.4 Å². The fourth-order valence-corrected chi connectivity index (χ4v) is 5.20. The predicted octanol–water partition coefficient (Wildman–Crippen LogP) is 3.48. The molecule has 0 radical (unpaired) electrons. The summed E-state index contributed by atoms with van der Waals surface area (Å²) < 4.78 is 0. The Morgan fingerprint density at radius 3 is 2.52 bits per heavy atom. The normalized spacial score (nSPS) is 23.2. The second kappa shape index (κ2) is 9.52. The third-order valence-electron chi connectivity index (χ3n) is 5.72. The molecule has 0 aromatic heterocycles. The molecule has 5 nitrogen and oxygen atoms in total. The van der Waals surface area contributed by atoms with E-state index in [4.69, 9.17) is 0 Å². The number of nitrogens with zero attached hydrogens (tertiary/aromatic N) is 2. The Morgan fingerprint density at radius 1 is 1.17 bits per heavy atom. The molecule has 2 aliphatic heterocycles. The summed E-state index contributed by atoms with van der Waals surface area (Å²) in [5.74, 6) is 2.04. The van der Waals surface area contributed by atoms with Crippen LogP contribution in [0, 0.1) is 11.3 Å². The van der Waals surface area contributed by atoms with Crippen LogP contribution in [-0.4, -0.2) is 52.4 Å². The SMILES string of the molecule is CC1CCCN(Cc2ccc(CNC(=O)C3CSCN3C(=O)C(C)(C)C)cc2)C1. The minimum absolute atomic E-state index is 0.0408. The Labute approximate surface area is 179 Å². The van der Waals surface area contributed by atoms with Gasteiger partial charge in [0, 0.05) is 30.8 Å². The molecule has 0 spiro atoms. The molecule has 2 fully saturated rings. The Morgan fingerprint density at radius 2 is 1.86 bits per heavy atom. The summed E-state index contributed by atoms with van der Waals surface area (Å²) >= 11 is 1.64. The molecule has 2 unspecified atom stereocenters. The minimum Gasteiger partial charge on any atom is -0.350 e. The number of hydrogen-bond donors (Lipinski definition) is 1. The van der Waals surface area contributed by atoms with Gasteiger partial charge in [-0.2, -0.15) is 0 Å². The van der Waals surface area contributed by atoms with Gasteiger partial charge in [-0.1, -0.05) is 52.0 Å². The summed E-state index contributed by atoms with van der Waals surface area (Å²) in [6.07, 6.45) is 2.63. The van der Waals surface area contributed by atoms with Crippen LogP contribution < -0.4 is 5.32 Å². The molecule has 2 saturated heterocycles. The highest BCUT2D eigenvalue weighted by Crippen LogP contribution is 2.27. The summed E-state index contributed by atoms with van der Waals surface area (Å²) in [6.45, 7) is 11.9. The van der Waals surface area contributed by atoms with Gasteiger partial charge in [0.2, 0.25) is 11.8 Å².